The molecule has 2 aromatic heterocycles. The Kier molecular flexibility index (Phi) is 1.84. The number of aryl methyl sites for hydroxylation is 1. The van der Waals surface area contributed by atoms with Gasteiger partial charge in [0.15, 0.2) is 11.5 Å². The van der Waals surface area contributed by atoms with E-state index in [-0.39, 0.29) is 0 Å². The molecule has 0 fully saturated rings. The molecule has 0 aliphatic carbocycles. The molecule has 5 heteroatoms. The average Bonchev–Trinajstić information content (AvgIpc) is 2.60. The van der Waals surface area contributed by atoms with Gasteiger partial charge in [-0.05, 0) is 6.92 Å². The van der Waals surface area contributed by atoms with Gasteiger partial charge in [0, 0.05) is 13.6 Å². The van der Waals surface area contributed by atoms with Gasteiger partial charge >= 0.3 is 0 Å². The van der Waals surface area contributed by atoms with E-state index in [1.54, 1.807) is 12.7 Å². The summed E-state index contributed by atoms with van der Waals surface area (Å²) in [5, 5.41) is 2.98. The van der Waals surface area contributed by atoms with Crippen LogP contribution < -0.4 is 5.32 Å². The fraction of sp³-hybridized carbons (Fsp3) is 0.375. The quantitative estimate of drug-likeness (QED) is 0.740. The smallest absolute Gasteiger partial charge is 0.165 e. The van der Waals surface area contributed by atoms with E-state index in [0.29, 0.717) is 0 Å². The molecule has 0 aliphatic rings. The standard InChI is InChI=1S/C8H11N5/c1-3-13-5-12-6-7(9-2)10-4-11-8(6)13/h4-5H,3H2,1-2H3,(H,9,10,11). The zero-order valence-corrected chi connectivity index (χ0v) is 7.65. The summed E-state index contributed by atoms with van der Waals surface area (Å²) >= 11 is 0. The van der Waals surface area contributed by atoms with Crippen LogP contribution in [-0.2, 0) is 6.54 Å². The molecular weight excluding hydrogens is 166 g/mol. The van der Waals surface area contributed by atoms with Crippen molar-refractivity contribution in [2.75, 3.05) is 12.4 Å². The lowest BCUT2D eigenvalue weighted by Gasteiger charge is -1.99. The third-order valence-electron chi connectivity index (χ3n) is 1.98. The van der Waals surface area contributed by atoms with Crippen LogP contribution in [0, 0.1) is 0 Å². The van der Waals surface area contributed by atoms with Crippen LogP contribution in [0.4, 0.5) is 5.82 Å². The Hall–Kier alpha value is -1.65. The monoisotopic (exact) mass is 177 g/mol. The number of hydrogen-bond donors (Lipinski definition) is 1. The Morgan fingerprint density at radius 1 is 1.38 bits per heavy atom. The largest absolute Gasteiger partial charge is 0.371 e. The predicted octanol–water partition coefficient (Wildman–Crippen LogP) is 0.888. The molecule has 2 aromatic rings. The van der Waals surface area contributed by atoms with Crippen LogP contribution in [0.2, 0.25) is 0 Å². The summed E-state index contributed by atoms with van der Waals surface area (Å²) in [6.45, 7) is 2.93. The highest BCUT2D eigenvalue weighted by Gasteiger charge is 2.06. The van der Waals surface area contributed by atoms with E-state index in [4.69, 9.17) is 0 Å². The first-order valence-corrected chi connectivity index (χ1v) is 4.20. The van der Waals surface area contributed by atoms with E-state index in [2.05, 4.69) is 27.2 Å². The van der Waals surface area contributed by atoms with Gasteiger partial charge in [-0.3, -0.25) is 0 Å². The first-order chi connectivity index (χ1) is 6.36. The van der Waals surface area contributed by atoms with Crippen molar-refractivity contribution in [2.45, 2.75) is 13.5 Å². The summed E-state index contributed by atoms with van der Waals surface area (Å²) in [6.07, 6.45) is 3.32. The van der Waals surface area contributed by atoms with Crippen molar-refractivity contribution < 1.29 is 0 Å². The summed E-state index contributed by atoms with van der Waals surface area (Å²) < 4.78 is 1.98. The zero-order chi connectivity index (χ0) is 9.26. The number of aromatic nitrogens is 4. The van der Waals surface area contributed by atoms with Gasteiger partial charge < -0.3 is 9.88 Å². The topological polar surface area (TPSA) is 55.6 Å². The minimum absolute atomic E-state index is 0.775. The first kappa shape index (κ1) is 7.97. The van der Waals surface area contributed by atoms with Crippen LogP contribution in [0.3, 0.4) is 0 Å². The van der Waals surface area contributed by atoms with Crippen molar-refractivity contribution in [3.8, 4) is 0 Å². The van der Waals surface area contributed by atoms with Crippen LogP contribution in [0.25, 0.3) is 11.2 Å². The SMILES string of the molecule is CCn1cnc2c(NC)ncnc21. The highest BCUT2D eigenvalue weighted by molar-refractivity contribution is 5.82. The molecule has 5 nitrogen and oxygen atoms in total. The van der Waals surface area contributed by atoms with Crippen LogP contribution in [-0.4, -0.2) is 26.6 Å². The predicted molar refractivity (Wildman–Crippen MR) is 50.5 cm³/mol. The van der Waals surface area contributed by atoms with Gasteiger partial charge in [-0.15, -0.1) is 0 Å². The van der Waals surface area contributed by atoms with E-state index < -0.39 is 0 Å². The van der Waals surface area contributed by atoms with Gasteiger partial charge in [-0.1, -0.05) is 0 Å². The van der Waals surface area contributed by atoms with E-state index >= 15 is 0 Å². The lowest BCUT2D eigenvalue weighted by atomic mass is 10.5. The third-order valence-corrected chi connectivity index (χ3v) is 1.98. The van der Waals surface area contributed by atoms with E-state index in [0.717, 1.165) is 23.5 Å². The number of anilines is 1. The number of nitrogens with one attached hydrogen (secondary N) is 1. The third kappa shape index (κ3) is 1.12. The fourth-order valence-corrected chi connectivity index (χ4v) is 1.30. The van der Waals surface area contributed by atoms with Crippen LogP contribution in [0.5, 0.6) is 0 Å². The lowest BCUT2D eigenvalue weighted by Crippen LogP contribution is -1.97. The molecule has 0 unspecified atom stereocenters. The molecule has 0 spiro atoms. The van der Waals surface area contributed by atoms with Crippen LogP contribution in [0.15, 0.2) is 12.7 Å². The number of nitrogens with zero attached hydrogens (tertiary/aromatic N) is 4. The minimum atomic E-state index is 0.775. The molecular formula is C8H11N5. The Bertz CT molecular complexity index is 419. The molecule has 1 N–H and O–H groups in total. The molecule has 0 amide bonds. The van der Waals surface area contributed by atoms with Crippen molar-refractivity contribution in [1.82, 2.24) is 19.5 Å². The number of imidazole rings is 1. The Morgan fingerprint density at radius 2 is 2.23 bits per heavy atom. The second kappa shape index (κ2) is 3.01. The van der Waals surface area contributed by atoms with Gasteiger partial charge in [-0.2, -0.15) is 0 Å². The van der Waals surface area contributed by atoms with Crippen molar-refractivity contribution in [3.63, 3.8) is 0 Å². The van der Waals surface area contributed by atoms with Crippen LogP contribution in [0.1, 0.15) is 6.92 Å². The van der Waals surface area contributed by atoms with Gasteiger partial charge in [0.1, 0.15) is 11.8 Å². The molecule has 0 bridgehead atoms. The molecule has 2 heterocycles. The fourth-order valence-electron chi connectivity index (χ4n) is 1.30. The molecule has 0 aliphatic heterocycles. The number of hydrogen-bond acceptors (Lipinski definition) is 4. The Balaban J connectivity index is 2.72. The Labute approximate surface area is 75.8 Å². The minimum Gasteiger partial charge on any atom is -0.371 e. The average molecular weight is 177 g/mol. The summed E-state index contributed by atoms with van der Waals surface area (Å²) in [5.74, 6) is 0.775. The number of rotatable bonds is 2. The summed E-state index contributed by atoms with van der Waals surface area (Å²) in [5.41, 5.74) is 1.70. The molecule has 0 atom stereocenters. The zero-order valence-electron chi connectivity index (χ0n) is 7.65. The van der Waals surface area contributed by atoms with Crippen molar-refractivity contribution in [2.24, 2.45) is 0 Å². The molecule has 0 radical (unpaired) electrons. The van der Waals surface area contributed by atoms with E-state index in [1.807, 2.05) is 11.6 Å². The summed E-state index contributed by atoms with van der Waals surface area (Å²) in [7, 11) is 1.83. The molecule has 68 valence electrons. The maximum absolute atomic E-state index is 4.24. The summed E-state index contributed by atoms with van der Waals surface area (Å²) in [4.78, 5) is 12.5. The summed E-state index contributed by atoms with van der Waals surface area (Å²) in [6, 6.07) is 0. The van der Waals surface area contributed by atoms with Crippen molar-refractivity contribution >= 4 is 17.0 Å². The molecule has 2 rings (SSSR count). The van der Waals surface area contributed by atoms with Crippen molar-refractivity contribution in [3.05, 3.63) is 12.7 Å². The highest BCUT2D eigenvalue weighted by Crippen LogP contribution is 2.15. The second-order valence-electron chi connectivity index (χ2n) is 2.68. The molecule has 0 saturated heterocycles. The van der Waals surface area contributed by atoms with Gasteiger partial charge in [0.2, 0.25) is 0 Å². The van der Waals surface area contributed by atoms with Gasteiger partial charge in [-0.25, -0.2) is 15.0 Å². The van der Waals surface area contributed by atoms with E-state index in [9.17, 15) is 0 Å². The maximum Gasteiger partial charge on any atom is 0.165 e. The Morgan fingerprint density at radius 3 is 2.92 bits per heavy atom. The number of fused-ring (bicyclic) bond motifs is 1. The normalized spacial score (nSPS) is 10.6. The first-order valence-electron chi connectivity index (χ1n) is 4.20. The lowest BCUT2D eigenvalue weighted by molar-refractivity contribution is 0.777. The maximum atomic E-state index is 4.24. The molecule has 13 heavy (non-hydrogen) atoms. The van der Waals surface area contributed by atoms with Crippen molar-refractivity contribution in [1.29, 1.82) is 0 Å². The molecule has 0 aromatic carbocycles. The van der Waals surface area contributed by atoms with Gasteiger partial charge in [0.25, 0.3) is 0 Å². The van der Waals surface area contributed by atoms with Gasteiger partial charge in [0.05, 0.1) is 6.33 Å². The molecule has 0 saturated carbocycles. The highest BCUT2D eigenvalue weighted by atomic mass is 15.1. The second-order valence-corrected chi connectivity index (χ2v) is 2.68. The van der Waals surface area contributed by atoms with E-state index in [1.165, 1.54) is 0 Å². The van der Waals surface area contributed by atoms with Crippen LogP contribution >= 0.6 is 0 Å².